The fraction of sp³-hybridized carbons (Fsp3) is 0.286. The number of hydrogen-bond donors (Lipinski definition) is 1. The van der Waals surface area contributed by atoms with E-state index in [1.165, 1.54) is 24.0 Å². The van der Waals surface area contributed by atoms with Crippen molar-refractivity contribution in [1.29, 1.82) is 0 Å². The zero-order valence-corrected chi connectivity index (χ0v) is 14.1. The van der Waals surface area contributed by atoms with Gasteiger partial charge in [0.15, 0.2) is 10.8 Å². The first-order chi connectivity index (χ1) is 9.42. The minimum atomic E-state index is -0.411. The molecule has 1 heterocycles. The zero-order valence-electron chi connectivity index (χ0n) is 11.7. The molecule has 0 fully saturated rings. The quantitative estimate of drug-likeness (QED) is 0.831. The third kappa shape index (κ3) is 3.02. The van der Waals surface area contributed by atoms with E-state index in [1.54, 1.807) is 0 Å². The molecule has 1 aromatic heterocycles. The number of nitrogens with zero attached hydrogens (tertiary/aromatic N) is 1. The fourth-order valence-corrected chi connectivity index (χ4v) is 3.50. The van der Waals surface area contributed by atoms with Gasteiger partial charge in [0.1, 0.15) is 0 Å². The van der Waals surface area contributed by atoms with Crippen LogP contribution in [0.5, 0.6) is 0 Å². The normalized spacial score (nSPS) is 10.4. The summed E-state index contributed by atoms with van der Waals surface area (Å²) in [7, 11) is 1.36. The summed E-state index contributed by atoms with van der Waals surface area (Å²) in [5, 5.41) is 3.94. The van der Waals surface area contributed by atoms with E-state index in [0.717, 1.165) is 20.6 Å². The molecule has 0 unspecified atom stereocenters. The van der Waals surface area contributed by atoms with Crippen LogP contribution in [0.25, 0.3) is 0 Å². The lowest BCUT2D eigenvalue weighted by Gasteiger charge is -2.10. The maximum Gasteiger partial charge on any atom is 0.357 e. The van der Waals surface area contributed by atoms with Crippen molar-refractivity contribution in [3.63, 3.8) is 0 Å². The van der Waals surface area contributed by atoms with Gasteiger partial charge in [-0.25, -0.2) is 9.78 Å². The molecule has 0 saturated heterocycles. The summed E-state index contributed by atoms with van der Waals surface area (Å²) in [5.41, 5.74) is 3.62. The molecule has 0 atom stereocenters. The van der Waals surface area contributed by atoms with Gasteiger partial charge in [0.25, 0.3) is 0 Å². The molecule has 0 aliphatic carbocycles. The van der Waals surface area contributed by atoms with Crippen molar-refractivity contribution >= 4 is 44.1 Å². The summed E-state index contributed by atoms with van der Waals surface area (Å²) in [4.78, 5) is 16.7. The standard InChI is InChI=1S/C14H15BrN2O2S/c1-7-5-8(2)11(10(15)6-7)16-14-17-12(9(3)20-14)13(18)19-4/h5-6H,1-4H3,(H,16,17). The third-order valence-electron chi connectivity index (χ3n) is 2.84. The molecule has 6 heteroatoms. The van der Waals surface area contributed by atoms with Crippen LogP contribution in [0.3, 0.4) is 0 Å². The van der Waals surface area contributed by atoms with Crippen LogP contribution in [0, 0.1) is 20.8 Å². The molecule has 0 saturated carbocycles. The Morgan fingerprint density at radius 2 is 2.05 bits per heavy atom. The first kappa shape index (κ1) is 15.0. The molecule has 0 radical (unpaired) electrons. The minimum Gasteiger partial charge on any atom is -0.464 e. The molecule has 1 N–H and O–H groups in total. The number of nitrogens with one attached hydrogen (secondary N) is 1. The average Bonchev–Trinajstić information content (AvgIpc) is 2.74. The Hall–Kier alpha value is -1.40. The second-order valence-electron chi connectivity index (χ2n) is 4.48. The number of methoxy groups -OCH3 is 1. The molecule has 0 aliphatic heterocycles. The highest BCUT2D eigenvalue weighted by atomic mass is 79.9. The second kappa shape index (κ2) is 5.93. The van der Waals surface area contributed by atoms with Gasteiger partial charge < -0.3 is 10.1 Å². The summed E-state index contributed by atoms with van der Waals surface area (Å²) in [6.07, 6.45) is 0. The number of benzene rings is 1. The lowest BCUT2D eigenvalue weighted by Crippen LogP contribution is -2.03. The van der Waals surface area contributed by atoms with Gasteiger partial charge >= 0.3 is 5.97 Å². The van der Waals surface area contributed by atoms with Gasteiger partial charge in [0.05, 0.1) is 12.8 Å². The van der Waals surface area contributed by atoms with Crippen LogP contribution in [0.2, 0.25) is 0 Å². The van der Waals surface area contributed by atoms with E-state index < -0.39 is 5.97 Å². The predicted octanol–water partition coefficient (Wildman–Crippen LogP) is 4.36. The molecule has 20 heavy (non-hydrogen) atoms. The molecule has 2 rings (SSSR count). The van der Waals surface area contributed by atoms with Gasteiger partial charge in [-0.1, -0.05) is 6.07 Å². The highest BCUT2D eigenvalue weighted by Gasteiger charge is 2.16. The number of ether oxygens (including phenoxy) is 1. The molecule has 0 spiro atoms. The maximum absolute atomic E-state index is 11.6. The van der Waals surface area contributed by atoms with Gasteiger partial charge in [-0.15, -0.1) is 11.3 Å². The Bertz CT molecular complexity index is 644. The van der Waals surface area contributed by atoms with Crippen LogP contribution in [0.1, 0.15) is 26.5 Å². The van der Waals surface area contributed by atoms with Crippen LogP contribution in [0.15, 0.2) is 16.6 Å². The number of rotatable bonds is 3. The Balaban J connectivity index is 2.34. The van der Waals surface area contributed by atoms with E-state index in [0.29, 0.717) is 10.8 Å². The zero-order chi connectivity index (χ0) is 14.9. The number of halogens is 1. The molecule has 0 amide bonds. The van der Waals surface area contributed by atoms with Crippen molar-refractivity contribution < 1.29 is 9.53 Å². The SMILES string of the molecule is COC(=O)c1nc(Nc2c(C)cc(C)cc2Br)sc1C. The average molecular weight is 355 g/mol. The number of aromatic nitrogens is 1. The Morgan fingerprint density at radius 3 is 2.65 bits per heavy atom. The van der Waals surface area contributed by atoms with E-state index in [4.69, 9.17) is 4.74 Å². The van der Waals surface area contributed by atoms with Gasteiger partial charge in [-0.05, 0) is 53.9 Å². The molecule has 2 aromatic rings. The van der Waals surface area contributed by atoms with Crippen LogP contribution in [-0.2, 0) is 4.74 Å². The number of anilines is 2. The molecule has 0 bridgehead atoms. The highest BCUT2D eigenvalue weighted by Crippen LogP contribution is 2.33. The number of hydrogen-bond acceptors (Lipinski definition) is 5. The number of carbonyl (C=O) groups is 1. The summed E-state index contributed by atoms with van der Waals surface area (Å²) in [6, 6.07) is 4.13. The minimum absolute atomic E-state index is 0.362. The van der Waals surface area contributed by atoms with Crippen molar-refractivity contribution in [2.75, 3.05) is 12.4 Å². The van der Waals surface area contributed by atoms with Crippen LogP contribution < -0.4 is 5.32 Å². The molecule has 4 nitrogen and oxygen atoms in total. The number of thiazole rings is 1. The first-order valence-corrected chi connectivity index (χ1v) is 7.63. The van der Waals surface area contributed by atoms with Gasteiger partial charge in [-0.2, -0.15) is 0 Å². The summed E-state index contributed by atoms with van der Waals surface area (Å²) in [6.45, 7) is 5.93. The third-order valence-corrected chi connectivity index (χ3v) is 4.35. The van der Waals surface area contributed by atoms with Gasteiger partial charge in [0.2, 0.25) is 0 Å². The van der Waals surface area contributed by atoms with Gasteiger partial charge in [-0.3, -0.25) is 0 Å². The Labute approximate surface area is 130 Å². The topological polar surface area (TPSA) is 51.2 Å². The molecular formula is C14H15BrN2O2S. The van der Waals surface area contributed by atoms with Crippen molar-refractivity contribution in [3.8, 4) is 0 Å². The van der Waals surface area contributed by atoms with E-state index in [2.05, 4.69) is 32.3 Å². The Morgan fingerprint density at radius 1 is 1.35 bits per heavy atom. The van der Waals surface area contributed by atoms with E-state index in [-0.39, 0.29) is 0 Å². The summed E-state index contributed by atoms with van der Waals surface area (Å²) < 4.78 is 5.69. The predicted molar refractivity (Wildman–Crippen MR) is 85.1 cm³/mol. The lowest BCUT2D eigenvalue weighted by molar-refractivity contribution is 0.0594. The highest BCUT2D eigenvalue weighted by molar-refractivity contribution is 9.10. The van der Waals surface area contributed by atoms with Crippen molar-refractivity contribution in [1.82, 2.24) is 4.98 Å². The smallest absolute Gasteiger partial charge is 0.357 e. The second-order valence-corrected chi connectivity index (χ2v) is 6.54. The summed E-state index contributed by atoms with van der Waals surface area (Å²) >= 11 is 4.98. The van der Waals surface area contributed by atoms with Crippen molar-refractivity contribution in [3.05, 3.63) is 38.3 Å². The largest absolute Gasteiger partial charge is 0.464 e. The van der Waals surface area contributed by atoms with E-state index in [9.17, 15) is 4.79 Å². The first-order valence-electron chi connectivity index (χ1n) is 6.02. The number of esters is 1. The van der Waals surface area contributed by atoms with Crippen LogP contribution in [-0.4, -0.2) is 18.1 Å². The molecule has 0 aliphatic rings. The molecular weight excluding hydrogens is 340 g/mol. The van der Waals surface area contributed by atoms with Crippen LogP contribution >= 0.6 is 27.3 Å². The molecule has 106 valence electrons. The fourth-order valence-electron chi connectivity index (χ4n) is 1.92. The molecule has 1 aromatic carbocycles. The number of aryl methyl sites for hydroxylation is 3. The van der Waals surface area contributed by atoms with Gasteiger partial charge in [0, 0.05) is 9.35 Å². The summed E-state index contributed by atoms with van der Waals surface area (Å²) in [5.74, 6) is -0.411. The maximum atomic E-state index is 11.6. The Kier molecular flexibility index (Phi) is 4.45. The van der Waals surface area contributed by atoms with Crippen LogP contribution in [0.4, 0.5) is 10.8 Å². The van der Waals surface area contributed by atoms with E-state index >= 15 is 0 Å². The van der Waals surface area contributed by atoms with Crippen molar-refractivity contribution in [2.45, 2.75) is 20.8 Å². The number of carbonyl (C=O) groups excluding carboxylic acids is 1. The van der Waals surface area contributed by atoms with Crippen molar-refractivity contribution in [2.24, 2.45) is 0 Å². The monoisotopic (exact) mass is 354 g/mol. The van der Waals surface area contributed by atoms with E-state index in [1.807, 2.05) is 26.8 Å². The lowest BCUT2D eigenvalue weighted by atomic mass is 10.1.